The third-order valence-corrected chi connectivity index (χ3v) is 3.77. The molecule has 2 rings (SSSR count). The van der Waals surface area contributed by atoms with Crippen LogP contribution in [0.1, 0.15) is 22.8 Å². The summed E-state index contributed by atoms with van der Waals surface area (Å²) in [5, 5.41) is 18.7. The lowest BCUT2D eigenvalue weighted by Crippen LogP contribution is -2.26. The minimum atomic E-state index is -1.26. The summed E-state index contributed by atoms with van der Waals surface area (Å²) in [6, 6.07) is 3.97. The number of allylic oxidation sites excluding steroid dienone is 2. The van der Waals surface area contributed by atoms with E-state index in [-0.39, 0.29) is 34.6 Å². The second-order valence-corrected chi connectivity index (χ2v) is 5.16. The first-order valence-electron chi connectivity index (χ1n) is 6.98. The van der Waals surface area contributed by atoms with Gasteiger partial charge in [-0.05, 0) is 24.6 Å². The van der Waals surface area contributed by atoms with Crippen LogP contribution in [-0.4, -0.2) is 42.0 Å². The molecular formula is C17H16O7. The highest BCUT2D eigenvalue weighted by molar-refractivity contribution is 6.23. The lowest BCUT2D eigenvalue weighted by Gasteiger charge is -2.20. The number of benzene rings is 1. The van der Waals surface area contributed by atoms with Gasteiger partial charge in [-0.15, -0.1) is 0 Å². The number of phenols is 1. The van der Waals surface area contributed by atoms with E-state index in [0.29, 0.717) is 5.56 Å². The van der Waals surface area contributed by atoms with Gasteiger partial charge in [-0.2, -0.15) is 0 Å². The fraction of sp³-hybridized carbons (Fsp3) is 0.235. The summed E-state index contributed by atoms with van der Waals surface area (Å²) in [4.78, 5) is 35.7. The maximum absolute atomic E-state index is 12.5. The molecule has 2 N–H and O–H groups in total. The van der Waals surface area contributed by atoms with Crippen molar-refractivity contribution in [1.29, 1.82) is 0 Å². The minimum absolute atomic E-state index is 0.0493. The molecule has 0 heterocycles. The summed E-state index contributed by atoms with van der Waals surface area (Å²) in [7, 11) is 2.55. The molecule has 0 saturated carbocycles. The maximum Gasteiger partial charge on any atom is 0.339 e. The van der Waals surface area contributed by atoms with Crippen molar-refractivity contribution in [1.82, 2.24) is 0 Å². The molecular weight excluding hydrogens is 316 g/mol. The molecule has 126 valence electrons. The van der Waals surface area contributed by atoms with Crippen molar-refractivity contribution in [3.8, 4) is 5.75 Å². The topological polar surface area (TPSA) is 110 Å². The van der Waals surface area contributed by atoms with Gasteiger partial charge >= 0.3 is 5.97 Å². The molecule has 0 saturated heterocycles. The Labute approximate surface area is 137 Å². The van der Waals surface area contributed by atoms with Gasteiger partial charge in [0.1, 0.15) is 11.3 Å². The molecule has 0 fully saturated rings. The number of Topliss-reactive ketones (excluding diaryl/α,β-unsaturated/α-hetero) is 2. The van der Waals surface area contributed by atoms with Crippen LogP contribution in [0.5, 0.6) is 5.75 Å². The Morgan fingerprint density at radius 1 is 1.08 bits per heavy atom. The fourth-order valence-corrected chi connectivity index (χ4v) is 2.48. The number of carboxylic acid groups (broad SMARTS) is 1. The summed E-state index contributed by atoms with van der Waals surface area (Å²) < 4.78 is 9.94. The lowest BCUT2D eigenvalue weighted by molar-refractivity contribution is -0.121. The Bertz CT molecular complexity index is 799. The van der Waals surface area contributed by atoms with Gasteiger partial charge in [0.25, 0.3) is 0 Å². The van der Waals surface area contributed by atoms with Crippen molar-refractivity contribution in [2.24, 2.45) is 0 Å². The number of carbonyl (C=O) groups is 3. The van der Waals surface area contributed by atoms with Crippen molar-refractivity contribution in [2.75, 3.05) is 14.2 Å². The molecule has 0 radical (unpaired) electrons. The molecule has 1 aliphatic rings. The molecule has 0 spiro atoms. The molecule has 1 aliphatic carbocycles. The molecule has 0 aliphatic heterocycles. The highest BCUT2D eigenvalue weighted by Crippen LogP contribution is 2.29. The fourth-order valence-electron chi connectivity index (χ4n) is 2.48. The SMILES string of the molecule is COC1=C(OC)C(=O)C(Cc2ccc(C(=O)O)c(O)c2)=C(C)C1=O. The molecule has 24 heavy (non-hydrogen) atoms. The first-order chi connectivity index (χ1) is 11.3. The van der Waals surface area contributed by atoms with Crippen LogP contribution < -0.4 is 0 Å². The largest absolute Gasteiger partial charge is 0.507 e. The van der Waals surface area contributed by atoms with Crippen LogP contribution in [0.3, 0.4) is 0 Å². The molecule has 1 aromatic rings. The number of aromatic carboxylic acids is 1. The predicted molar refractivity (Wildman–Crippen MR) is 82.5 cm³/mol. The van der Waals surface area contributed by atoms with Crippen molar-refractivity contribution >= 4 is 17.5 Å². The minimum Gasteiger partial charge on any atom is -0.507 e. The summed E-state index contributed by atoms with van der Waals surface area (Å²) >= 11 is 0. The van der Waals surface area contributed by atoms with Crippen molar-refractivity contribution in [3.63, 3.8) is 0 Å². The number of ether oxygens (including phenoxy) is 2. The number of carbonyl (C=O) groups excluding carboxylic acids is 2. The number of carboxylic acids is 1. The number of hydrogen-bond donors (Lipinski definition) is 2. The monoisotopic (exact) mass is 332 g/mol. The zero-order chi connectivity index (χ0) is 18.0. The van der Waals surface area contributed by atoms with E-state index in [0.717, 1.165) is 0 Å². The highest BCUT2D eigenvalue weighted by Gasteiger charge is 2.34. The van der Waals surface area contributed by atoms with Crippen LogP contribution in [0.15, 0.2) is 40.9 Å². The van der Waals surface area contributed by atoms with Gasteiger partial charge in [0.05, 0.1) is 14.2 Å². The van der Waals surface area contributed by atoms with Crippen LogP contribution >= 0.6 is 0 Å². The summed E-state index contributed by atoms with van der Waals surface area (Å²) in [6.07, 6.45) is 0.0493. The Kier molecular flexibility index (Phi) is 4.73. The van der Waals surface area contributed by atoms with E-state index < -0.39 is 23.3 Å². The van der Waals surface area contributed by atoms with Gasteiger partial charge in [0.15, 0.2) is 0 Å². The predicted octanol–water partition coefficient (Wildman–Crippen LogP) is 1.61. The van der Waals surface area contributed by atoms with Crippen LogP contribution in [0, 0.1) is 0 Å². The van der Waals surface area contributed by atoms with Crippen LogP contribution in [0.2, 0.25) is 0 Å². The summed E-state index contributed by atoms with van der Waals surface area (Å²) in [5.41, 5.74) is 0.679. The number of methoxy groups -OCH3 is 2. The van der Waals surface area contributed by atoms with E-state index in [1.54, 1.807) is 0 Å². The van der Waals surface area contributed by atoms with Gasteiger partial charge in [-0.3, -0.25) is 9.59 Å². The molecule has 0 amide bonds. The number of hydrogen-bond acceptors (Lipinski definition) is 6. The molecule has 7 nitrogen and oxygen atoms in total. The number of ketones is 2. The average Bonchev–Trinajstić information content (AvgIpc) is 2.54. The molecule has 0 aromatic heterocycles. The Hall–Kier alpha value is -3.09. The van der Waals surface area contributed by atoms with Gasteiger partial charge in [0.2, 0.25) is 23.1 Å². The van der Waals surface area contributed by atoms with Gasteiger partial charge in [0, 0.05) is 17.6 Å². The van der Waals surface area contributed by atoms with Crippen LogP contribution in [0.4, 0.5) is 0 Å². The number of rotatable bonds is 5. The third kappa shape index (κ3) is 2.88. The standard InChI is InChI=1S/C17H16O7/c1-8-11(14(20)16(24-3)15(23-2)13(8)19)6-9-4-5-10(17(21)22)12(18)7-9/h4-5,7,18H,6H2,1-3H3,(H,21,22). The zero-order valence-corrected chi connectivity index (χ0v) is 13.4. The normalized spacial score (nSPS) is 15.0. The Morgan fingerprint density at radius 3 is 2.17 bits per heavy atom. The molecule has 0 atom stereocenters. The Balaban J connectivity index is 2.41. The quantitative estimate of drug-likeness (QED) is 0.788. The van der Waals surface area contributed by atoms with E-state index >= 15 is 0 Å². The van der Waals surface area contributed by atoms with E-state index in [2.05, 4.69) is 0 Å². The second kappa shape index (κ2) is 6.57. The summed E-state index contributed by atoms with van der Waals surface area (Å²) in [6.45, 7) is 1.51. The van der Waals surface area contributed by atoms with E-state index in [4.69, 9.17) is 14.6 Å². The van der Waals surface area contributed by atoms with Gasteiger partial charge in [-0.1, -0.05) is 6.07 Å². The zero-order valence-electron chi connectivity index (χ0n) is 13.4. The average molecular weight is 332 g/mol. The smallest absolute Gasteiger partial charge is 0.339 e. The lowest BCUT2D eigenvalue weighted by atomic mass is 9.88. The molecule has 7 heteroatoms. The molecule has 1 aromatic carbocycles. The molecule has 0 unspecified atom stereocenters. The van der Waals surface area contributed by atoms with Crippen molar-refractivity contribution in [3.05, 3.63) is 52.0 Å². The van der Waals surface area contributed by atoms with Crippen LogP contribution in [0.25, 0.3) is 0 Å². The maximum atomic E-state index is 12.5. The van der Waals surface area contributed by atoms with E-state index in [9.17, 15) is 19.5 Å². The van der Waals surface area contributed by atoms with Crippen molar-refractivity contribution < 1.29 is 34.1 Å². The van der Waals surface area contributed by atoms with Crippen molar-refractivity contribution in [2.45, 2.75) is 13.3 Å². The number of aromatic hydroxyl groups is 1. The van der Waals surface area contributed by atoms with Crippen LogP contribution in [-0.2, 0) is 25.5 Å². The molecule has 0 bridgehead atoms. The first kappa shape index (κ1) is 17.3. The van der Waals surface area contributed by atoms with E-state index in [1.807, 2.05) is 0 Å². The highest BCUT2D eigenvalue weighted by atomic mass is 16.5. The van der Waals surface area contributed by atoms with Gasteiger partial charge in [-0.25, -0.2) is 4.79 Å². The second-order valence-electron chi connectivity index (χ2n) is 5.16. The van der Waals surface area contributed by atoms with Gasteiger partial charge < -0.3 is 19.7 Å². The third-order valence-electron chi connectivity index (χ3n) is 3.77. The Morgan fingerprint density at radius 2 is 1.67 bits per heavy atom. The van der Waals surface area contributed by atoms with E-state index in [1.165, 1.54) is 39.3 Å². The summed E-state index contributed by atoms with van der Waals surface area (Å²) in [5.74, 6) is -2.91. The first-order valence-corrected chi connectivity index (χ1v) is 6.98.